The van der Waals surface area contributed by atoms with E-state index in [0.29, 0.717) is 23.5 Å². The summed E-state index contributed by atoms with van der Waals surface area (Å²) >= 11 is 0. The Morgan fingerprint density at radius 3 is 3.00 bits per heavy atom. The molecule has 1 fully saturated rings. The lowest BCUT2D eigenvalue weighted by Crippen LogP contribution is -2.39. The van der Waals surface area contributed by atoms with Gasteiger partial charge in [-0.2, -0.15) is 0 Å². The number of benzene rings is 1. The largest absolute Gasteiger partial charge is 0.354 e. The SMILES string of the molecule is C[C@H]1CCCCN1CCCNC(=O)Cn1cnc2ccccc2c1=O. The first-order valence-electron chi connectivity index (χ1n) is 9.10. The lowest BCUT2D eigenvalue weighted by atomic mass is 10.0. The summed E-state index contributed by atoms with van der Waals surface area (Å²) in [6, 6.07) is 7.82. The molecule has 0 spiro atoms. The number of nitrogens with zero attached hydrogens (tertiary/aromatic N) is 3. The molecular formula is C19H26N4O2. The van der Waals surface area contributed by atoms with E-state index in [9.17, 15) is 9.59 Å². The van der Waals surface area contributed by atoms with Crippen molar-refractivity contribution in [3.8, 4) is 0 Å². The van der Waals surface area contributed by atoms with E-state index >= 15 is 0 Å². The monoisotopic (exact) mass is 342 g/mol. The molecule has 1 aliphatic heterocycles. The average Bonchev–Trinajstić information content (AvgIpc) is 2.63. The molecule has 1 atom stereocenters. The van der Waals surface area contributed by atoms with Crippen LogP contribution in [-0.2, 0) is 11.3 Å². The fraction of sp³-hybridized carbons (Fsp3) is 0.526. The van der Waals surface area contributed by atoms with Crippen LogP contribution in [0.5, 0.6) is 0 Å². The van der Waals surface area contributed by atoms with E-state index in [1.807, 2.05) is 6.07 Å². The number of fused-ring (bicyclic) bond motifs is 1. The normalized spacial score (nSPS) is 18.4. The van der Waals surface area contributed by atoms with E-state index in [1.54, 1.807) is 18.2 Å². The van der Waals surface area contributed by atoms with Gasteiger partial charge in [0.25, 0.3) is 5.56 Å². The summed E-state index contributed by atoms with van der Waals surface area (Å²) in [5.41, 5.74) is 0.475. The van der Waals surface area contributed by atoms with Gasteiger partial charge in [0.2, 0.25) is 5.91 Å². The number of carbonyl (C=O) groups excluding carboxylic acids is 1. The molecule has 6 nitrogen and oxygen atoms in total. The smallest absolute Gasteiger partial charge is 0.261 e. The van der Waals surface area contributed by atoms with Crippen molar-refractivity contribution in [3.63, 3.8) is 0 Å². The molecule has 0 aliphatic carbocycles. The zero-order chi connectivity index (χ0) is 17.6. The Balaban J connectivity index is 1.48. The first-order valence-corrected chi connectivity index (χ1v) is 9.10. The summed E-state index contributed by atoms with van der Waals surface area (Å²) in [6.45, 7) is 5.09. The molecule has 0 saturated carbocycles. The maximum absolute atomic E-state index is 12.4. The van der Waals surface area contributed by atoms with Gasteiger partial charge in [0.05, 0.1) is 17.2 Å². The Labute approximate surface area is 147 Å². The van der Waals surface area contributed by atoms with Crippen LogP contribution in [-0.4, -0.2) is 46.0 Å². The van der Waals surface area contributed by atoms with Crippen molar-refractivity contribution in [1.29, 1.82) is 0 Å². The minimum atomic E-state index is -0.178. The Kier molecular flexibility index (Phi) is 5.81. The van der Waals surface area contributed by atoms with Crippen LogP contribution in [0.4, 0.5) is 0 Å². The number of rotatable bonds is 6. The molecular weight excluding hydrogens is 316 g/mol. The number of likely N-dealkylation sites (tertiary alicyclic amines) is 1. The van der Waals surface area contributed by atoms with Crippen molar-refractivity contribution in [1.82, 2.24) is 19.8 Å². The zero-order valence-corrected chi connectivity index (χ0v) is 14.8. The highest BCUT2D eigenvalue weighted by molar-refractivity contribution is 5.78. The second-order valence-electron chi connectivity index (χ2n) is 6.78. The van der Waals surface area contributed by atoms with Crippen molar-refractivity contribution < 1.29 is 4.79 Å². The number of nitrogens with one attached hydrogen (secondary N) is 1. The van der Waals surface area contributed by atoms with Gasteiger partial charge in [-0.3, -0.25) is 14.2 Å². The van der Waals surface area contributed by atoms with Crippen molar-refractivity contribution in [2.75, 3.05) is 19.6 Å². The van der Waals surface area contributed by atoms with Crippen molar-refractivity contribution in [3.05, 3.63) is 40.9 Å². The van der Waals surface area contributed by atoms with Crippen LogP contribution >= 0.6 is 0 Å². The molecule has 2 heterocycles. The van der Waals surface area contributed by atoms with Crippen LogP contribution in [0.15, 0.2) is 35.4 Å². The van der Waals surface area contributed by atoms with Crippen LogP contribution in [0.1, 0.15) is 32.6 Å². The predicted octanol–water partition coefficient (Wildman–Crippen LogP) is 1.78. The van der Waals surface area contributed by atoms with Crippen LogP contribution < -0.4 is 10.9 Å². The number of piperidine rings is 1. The molecule has 1 aliphatic rings. The Morgan fingerprint density at radius 1 is 1.32 bits per heavy atom. The molecule has 0 radical (unpaired) electrons. The van der Waals surface area contributed by atoms with Gasteiger partial charge in [0, 0.05) is 19.1 Å². The van der Waals surface area contributed by atoms with Crippen LogP contribution in [0.25, 0.3) is 10.9 Å². The second kappa shape index (κ2) is 8.25. The highest BCUT2D eigenvalue weighted by atomic mass is 16.2. The van der Waals surface area contributed by atoms with Crippen LogP contribution in [0.3, 0.4) is 0 Å². The number of amides is 1. The van der Waals surface area contributed by atoms with Gasteiger partial charge < -0.3 is 10.2 Å². The van der Waals surface area contributed by atoms with Gasteiger partial charge in [-0.15, -0.1) is 0 Å². The van der Waals surface area contributed by atoms with Gasteiger partial charge in [-0.05, 0) is 44.9 Å². The quantitative estimate of drug-likeness (QED) is 0.813. The third-order valence-electron chi connectivity index (χ3n) is 4.93. The van der Waals surface area contributed by atoms with Gasteiger partial charge >= 0.3 is 0 Å². The number of carbonyl (C=O) groups is 1. The molecule has 3 rings (SSSR count). The minimum Gasteiger partial charge on any atom is -0.354 e. The zero-order valence-electron chi connectivity index (χ0n) is 14.8. The summed E-state index contributed by atoms with van der Waals surface area (Å²) in [7, 11) is 0. The molecule has 1 aromatic heterocycles. The Bertz CT molecular complexity index is 786. The molecule has 0 unspecified atom stereocenters. The Morgan fingerprint density at radius 2 is 2.16 bits per heavy atom. The first kappa shape index (κ1) is 17.6. The van der Waals surface area contributed by atoms with Gasteiger partial charge in [-0.25, -0.2) is 4.98 Å². The van der Waals surface area contributed by atoms with Gasteiger partial charge in [0.15, 0.2) is 0 Å². The summed E-state index contributed by atoms with van der Waals surface area (Å²) in [6.07, 6.45) is 6.24. The molecule has 1 N–H and O–H groups in total. The van der Waals surface area contributed by atoms with E-state index in [0.717, 1.165) is 19.5 Å². The number of aromatic nitrogens is 2. The maximum atomic E-state index is 12.4. The van der Waals surface area contributed by atoms with Crippen molar-refractivity contribution in [2.24, 2.45) is 0 Å². The molecule has 2 aromatic rings. The number of hydrogen-bond acceptors (Lipinski definition) is 4. The molecule has 134 valence electrons. The third kappa shape index (κ3) is 4.45. The standard InChI is InChI=1S/C19H26N4O2/c1-15-7-4-5-11-22(15)12-6-10-20-18(24)13-23-14-21-17-9-3-2-8-16(17)19(23)25/h2-3,8-9,14-15H,4-7,10-13H2,1H3,(H,20,24)/t15-/m0/s1. The van der Waals surface area contributed by atoms with Gasteiger partial charge in [0.1, 0.15) is 6.54 Å². The maximum Gasteiger partial charge on any atom is 0.261 e. The van der Waals surface area contributed by atoms with Gasteiger partial charge in [-0.1, -0.05) is 18.6 Å². The van der Waals surface area contributed by atoms with E-state index in [1.165, 1.54) is 30.2 Å². The average molecular weight is 342 g/mol. The number of para-hydroxylation sites is 1. The van der Waals surface area contributed by atoms with Crippen LogP contribution in [0.2, 0.25) is 0 Å². The lowest BCUT2D eigenvalue weighted by molar-refractivity contribution is -0.121. The van der Waals surface area contributed by atoms with Crippen LogP contribution in [0, 0.1) is 0 Å². The highest BCUT2D eigenvalue weighted by Gasteiger charge is 2.17. The summed E-state index contributed by atoms with van der Waals surface area (Å²) < 4.78 is 1.37. The molecule has 1 amide bonds. The molecule has 1 saturated heterocycles. The van der Waals surface area contributed by atoms with Crippen molar-refractivity contribution >= 4 is 16.8 Å². The summed E-state index contributed by atoms with van der Waals surface area (Å²) in [5.74, 6) is -0.147. The van der Waals surface area contributed by atoms with E-state index < -0.39 is 0 Å². The van der Waals surface area contributed by atoms with E-state index in [4.69, 9.17) is 0 Å². The summed E-state index contributed by atoms with van der Waals surface area (Å²) in [4.78, 5) is 31.2. The van der Waals surface area contributed by atoms with E-state index in [-0.39, 0.29) is 18.0 Å². The molecule has 1 aromatic carbocycles. The molecule has 0 bridgehead atoms. The fourth-order valence-electron chi connectivity index (χ4n) is 3.43. The Hall–Kier alpha value is -2.21. The fourth-order valence-corrected chi connectivity index (χ4v) is 3.43. The second-order valence-corrected chi connectivity index (χ2v) is 6.78. The highest BCUT2D eigenvalue weighted by Crippen LogP contribution is 2.16. The molecule has 6 heteroatoms. The summed E-state index contributed by atoms with van der Waals surface area (Å²) in [5, 5.41) is 3.45. The predicted molar refractivity (Wildman–Crippen MR) is 98.5 cm³/mol. The minimum absolute atomic E-state index is 0.0107. The topological polar surface area (TPSA) is 67.2 Å². The van der Waals surface area contributed by atoms with Crippen molar-refractivity contribution in [2.45, 2.75) is 45.2 Å². The lowest BCUT2D eigenvalue weighted by Gasteiger charge is -2.33. The third-order valence-corrected chi connectivity index (χ3v) is 4.93. The number of hydrogen-bond donors (Lipinski definition) is 1. The van der Waals surface area contributed by atoms with E-state index in [2.05, 4.69) is 22.1 Å². The first-order chi connectivity index (χ1) is 12.1. The molecule has 25 heavy (non-hydrogen) atoms.